The van der Waals surface area contributed by atoms with Crippen molar-refractivity contribution in [3.63, 3.8) is 0 Å². The van der Waals surface area contributed by atoms with E-state index in [-0.39, 0.29) is 47.8 Å². The number of nitrogens with one attached hydrogen (secondary N) is 3. The molecule has 0 aliphatic rings. The third kappa shape index (κ3) is 29.3. The summed E-state index contributed by atoms with van der Waals surface area (Å²) in [7, 11) is 0. The van der Waals surface area contributed by atoms with Crippen LogP contribution in [0.25, 0.3) is 0 Å². The summed E-state index contributed by atoms with van der Waals surface area (Å²) in [5.74, 6) is -1.17. The highest BCUT2D eigenvalue weighted by molar-refractivity contribution is 5.94. The molecule has 0 fully saturated rings. The van der Waals surface area contributed by atoms with E-state index in [2.05, 4.69) is 27.9 Å². The van der Waals surface area contributed by atoms with E-state index >= 15 is 0 Å². The number of hydrogen-bond donors (Lipinski definition) is 7. The lowest BCUT2D eigenvalue weighted by molar-refractivity contribution is -0.134. The van der Waals surface area contributed by atoms with E-state index in [0.29, 0.717) is 77.4 Å². The Bertz CT molecular complexity index is 989. The van der Waals surface area contributed by atoms with Gasteiger partial charge in [0.25, 0.3) is 0 Å². The Labute approximate surface area is 323 Å². The van der Waals surface area contributed by atoms with Crippen molar-refractivity contribution in [2.45, 2.75) is 200 Å². The number of amides is 3. The molecule has 310 valence electrons. The fourth-order valence-electron chi connectivity index (χ4n) is 6.69. The SMILES string of the molecule is CCCCCCCCCCCCCCCC(=O)N[C@@H](CCCCN)C(=O)N[C@@H](CCCCN)C(=O)C[C@@H](CC(C)C)C(=O)N[C@@H](C)CCCN=C(N)N. The minimum absolute atomic E-state index is 0.0154. The molecule has 3 amide bonds. The molecule has 0 aromatic heterocycles. The Hall–Kier alpha value is -2.73. The van der Waals surface area contributed by atoms with Crippen molar-refractivity contribution in [1.29, 1.82) is 0 Å². The van der Waals surface area contributed by atoms with Crippen LogP contribution in [0.3, 0.4) is 0 Å². The van der Waals surface area contributed by atoms with Gasteiger partial charge in [-0.1, -0.05) is 97.8 Å². The van der Waals surface area contributed by atoms with Crippen molar-refractivity contribution in [3.05, 3.63) is 0 Å². The number of Topliss-reactive ketones (excluding diaryl/α,β-unsaturated/α-hetero) is 1. The first kappa shape index (κ1) is 50.3. The minimum atomic E-state index is -0.775. The fourth-order valence-corrected chi connectivity index (χ4v) is 6.69. The zero-order chi connectivity index (χ0) is 39.7. The lowest BCUT2D eigenvalue weighted by Gasteiger charge is -2.26. The Morgan fingerprint density at radius 2 is 1.11 bits per heavy atom. The normalized spacial score (nSPS) is 13.6. The largest absolute Gasteiger partial charge is 0.370 e. The van der Waals surface area contributed by atoms with Crippen molar-refractivity contribution in [2.24, 2.45) is 39.8 Å². The van der Waals surface area contributed by atoms with E-state index in [1.807, 2.05) is 20.8 Å². The van der Waals surface area contributed by atoms with Crippen LogP contribution < -0.4 is 38.9 Å². The lowest BCUT2D eigenvalue weighted by Crippen LogP contribution is -2.52. The first-order valence-electron chi connectivity index (χ1n) is 21.3. The van der Waals surface area contributed by atoms with Crippen LogP contribution in [0, 0.1) is 11.8 Å². The molecule has 53 heavy (non-hydrogen) atoms. The van der Waals surface area contributed by atoms with Gasteiger partial charge in [0.05, 0.1) is 6.04 Å². The first-order valence-corrected chi connectivity index (χ1v) is 21.3. The zero-order valence-electron chi connectivity index (χ0n) is 34.4. The predicted molar refractivity (Wildman–Crippen MR) is 220 cm³/mol. The quantitative estimate of drug-likeness (QED) is 0.0232. The second kappa shape index (κ2) is 33.8. The highest BCUT2D eigenvalue weighted by atomic mass is 16.2. The molecule has 0 aliphatic heterocycles. The number of unbranched alkanes of at least 4 members (excludes halogenated alkanes) is 14. The number of nitrogens with two attached hydrogens (primary N) is 4. The maximum atomic E-state index is 13.8. The van der Waals surface area contributed by atoms with Crippen LogP contribution >= 0.6 is 0 Å². The molecular weight excluding hydrogens is 669 g/mol. The number of carbonyl (C=O) groups is 4. The zero-order valence-corrected chi connectivity index (χ0v) is 34.4. The summed E-state index contributed by atoms with van der Waals surface area (Å²) in [6.45, 7) is 9.68. The molecule has 0 aromatic carbocycles. The van der Waals surface area contributed by atoms with Gasteiger partial charge in [0.15, 0.2) is 11.7 Å². The van der Waals surface area contributed by atoms with Gasteiger partial charge >= 0.3 is 0 Å². The van der Waals surface area contributed by atoms with Crippen LogP contribution in [-0.2, 0) is 19.2 Å². The number of hydrogen-bond acceptors (Lipinski definition) is 7. The summed E-state index contributed by atoms with van der Waals surface area (Å²) in [6, 6.07) is -1.64. The maximum absolute atomic E-state index is 13.8. The van der Waals surface area contributed by atoms with E-state index in [0.717, 1.165) is 25.7 Å². The number of guanidine groups is 1. The van der Waals surface area contributed by atoms with Gasteiger partial charge in [-0.2, -0.15) is 0 Å². The third-order valence-electron chi connectivity index (χ3n) is 9.81. The van der Waals surface area contributed by atoms with Crippen molar-refractivity contribution >= 4 is 29.5 Å². The highest BCUT2D eigenvalue weighted by Crippen LogP contribution is 2.20. The summed E-state index contributed by atoms with van der Waals surface area (Å²) in [5.41, 5.74) is 22.3. The summed E-state index contributed by atoms with van der Waals surface area (Å²) >= 11 is 0. The van der Waals surface area contributed by atoms with E-state index < -0.39 is 18.0 Å². The van der Waals surface area contributed by atoms with Crippen LogP contribution in [0.5, 0.6) is 0 Å². The molecule has 0 saturated heterocycles. The summed E-state index contributed by atoms with van der Waals surface area (Å²) < 4.78 is 0. The molecule has 0 spiro atoms. The molecule has 0 unspecified atom stereocenters. The highest BCUT2D eigenvalue weighted by Gasteiger charge is 2.30. The van der Waals surface area contributed by atoms with Crippen molar-refractivity contribution in [2.75, 3.05) is 19.6 Å². The standard InChI is InChI=1S/C41H82N8O4/c1-5-6-7-8-9-10-11-12-13-14-15-16-17-26-38(51)48-36(25-19-21-28-43)40(53)49-35(24-18-20-27-42)37(50)31-34(30-32(2)3)39(52)47-33(4)23-22-29-46-41(44)45/h32-36H,5-31,42-43H2,1-4H3,(H,47,52)(H,48,51)(H,49,53)(H4,44,45,46)/t33-,34+,35-,36-/m0/s1. The van der Waals surface area contributed by atoms with Crippen LogP contribution in [-0.4, -0.2) is 67.2 Å². The Morgan fingerprint density at radius 3 is 1.62 bits per heavy atom. The minimum Gasteiger partial charge on any atom is -0.370 e. The number of carbonyl (C=O) groups excluding carboxylic acids is 4. The number of nitrogens with zero attached hydrogens (tertiary/aromatic N) is 1. The maximum Gasteiger partial charge on any atom is 0.243 e. The van der Waals surface area contributed by atoms with Gasteiger partial charge in [0.2, 0.25) is 17.7 Å². The molecule has 4 atom stereocenters. The van der Waals surface area contributed by atoms with E-state index in [1.54, 1.807) is 0 Å². The van der Waals surface area contributed by atoms with Gasteiger partial charge in [0, 0.05) is 31.3 Å². The third-order valence-corrected chi connectivity index (χ3v) is 9.81. The molecule has 0 bridgehead atoms. The van der Waals surface area contributed by atoms with Gasteiger partial charge in [-0.15, -0.1) is 0 Å². The van der Waals surface area contributed by atoms with E-state index in [9.17, 15) is 19.2 Å². The summed E-state index contributed by atoms with van der Waals surface area (Å²) in [4.78, 5) is 57.9. The number of aliphatic imine (C=N–C) groups is 1. The number of rotatable bonds is 36. The van der Waals surface area contributed by atoms with E-state index in [1.165, 1.54) is 64.2 Å². The molecule has 0 aliphatic carbocycles. The van der Waals surface area contributed by atoms with Crippen LogP contribution in [0.4, 0.5) is 0 Å². The number of ketones is 1. The molecule has 0 heterocycles. The van der Waals surface area contributed by atoms with Crippen molar-refractivity contribution in [3.8, 4) is 0 Å². The van der Waals surface area contributed by atoms with Gasteiger partial charge < -0.3 is 38.9 Å². The van der Waals surface area contributed by atoms with Gasteiger partial charge in [-0.05, 0) is 90.1 Å². The van der Waals surface area contributed by atoms with Gasteiger partial charge in [-0.3, -0.25) is 24.2 Å². The van der Waals surface area contributed by atoms with Crippen LogP contribution in [0.2, 0.25) is 0 Å². The Kier molecular flexibility index (Phi) is 32.1. The summed E-state index contributed by atoms with van der Waals surface area (Å²) in [5, 5.41) is 8.98. The fraction of sp³-hybridized carbons (Fsp3) is 0.878. The van der Waals surface area contributed by atoms with Crippen LogP contribution in [0.1, 0.15) is 182 Å². The van der Waals surface area contributed by atoms with Crippen molar-refractivity contribution < 1.29 is 19.2 Å². The molecule has 12 nitrogen and oxygen atoms in total. The average Bonchev–Trinajstić information content (AvgIpc) is 3.10. The second-order valence-corrected chi connectivity index (χ2v) is 15.6. The predicted octanol–water partition coefficient (Wildman–Crippen LogP) is 5.88. The molecular formula is C41H82N8O4. The van der Waals surface area contributed by atoms with Gasteiger partial charge in [0.1, 0.15) is 6.04 Å². The topological polar surface area (TPSA) is 221 Å². The Balaban J connectivity index is 5.20. The molecule has 0 radical (unpaired) electrons. The summed E-state index contributed by atoms with van der Waals surface area (Å²) in [6.07, 6.45) is 22.0. The monoisotopic (exact) mass is 751 g/mol. The van der Waals surface area contributed by atoms with Gasteiger partial charge in [-0.25, -0.2) is 0 Å². The first-order chi connectivity index (χ1) is 25.4. The smallest absolute Gasteiger partial charge is 0.243 e. The van der Waals surface area contributed by atoms with E-state index in [4.69, 9.17) is 22.9 Å². The molecule has 0 saturated carbocycles. The Morgan fingerprint density at radius 1 is 0.585 bits per heavy atom. The molecule has 0 rings (SSSR count). The molecule has 12 heteroatoms. The average molecular weight is 751 g/mol. The molecule has 11 N–H and O–H groups in total. The van der Waals surface area contributed by atoms with Crippen molar-refractivity contribution in [1.82, 2.24) is 16.0 Å². The lowest BCUT2D eigenvalue weighted by atomic mass is 9.88. The molecule has 0 aromatic rings. The van der Waals surface area contributed by atoms with Crippen LogP contribution in [0.15, 0.2) is 4.99 Å². The second-order valence-electron chi connectivity index (χ2n) is 15.6.